The second-order valence-corrected chi connectivity index (χ2v) is 4.46. The van der Waals surface area contributed by atoms with Crippen molar-refractivity contribution < 1.29 is 4.74 Å². The van der Waals surface area contributed by atoms with Crippen molar-refractivity contribution in [2.24, 2.45) is 0 Å². The van der Waals surface area contributed by atoms with E-state index >= 15 is 0 Å². The van der Waals surface area contributed by atoms with Crippen molar-refractivity contribution in [2.75, 3.05) is 12.4 Å². The van der Waals surface area contributed by atoms with Crippen LogP contribution in [0.2, 0.25) is 0 Å². The number of nitrogens with zero attached hydrogens (tertiary/aromatic N) is 1. The molecule has 0 saturated carbocycles. The van der Waals surface area contributed by atoms with E-state index in [-0.39, 0.29) is 0 Å². The van der Waals surface area contributed by atoms with E-state index < -0.39 is 0 Å². The highest BCUT2D eigenvalue weighted by Gasteiger charge is 2.06. The predicted octanol–water partition coefficient (Wildman–Crippen LogP) is 3.57. The molecule has 0 fully saturated rings. The van der Waals surface area contributed by atoms with E-state index in [0.29, 0.717) is 12.5 Å². The zero-order valence-corrected chi connectivity index (χ0v) is 11.7. The fraction of sp³-hybridized carbons (Fsp3) is 0.312. The van der Waals surface area contributed by atoms with E-state index in [2.05, 4.69) is 36.3 Å². The van der Waals surface area contributed by atoms with Crippen molar-refractivity contribution in [3.8, 4) is 5.88 Å². The average Bonchev–Trinajstić information content (AvgIpc) is 2.46. The largest absolute Gasteiger partial charge is 0.473 e. The summed E-state index contributed by atoms with van der Waals surface area (Å²) in [6.45, 7) is 4.71. The number of rotatable bonds is 5. The number of hydrogen-bond acceptors (Lipinski definition) is 3. The second-order valence-electron chi connectivity index (χ2n) is 4.46. The number of nitrogens with one attached hydrogen (secondary N) is 1. The van der Waals surface area contributed by atoms with Crippen molar-refractivity contribution in [3.63, 3.8) is 0 Å². The summed E-state index contributed by atoms with van der Waals surface area (Å²) in [5.74, 6) is 0.685. The summed E-state index contributed by atoms with van der Waals surface area (Å²) in [6, 6.07) is 12.1. The summed E-state index contributed by atoms with van der Waals surface area (Å²) < 4.78 is 5.81. The topological polar surface area (TPSA) is 34.1 Å². The van der Waals surface area contributed by atoms with Crippen LogP contribution in [0.3, 0.4) is 0 Å². The lowest BCUT2D eigenvalue weighted by atomic mass is 10.1. The molecule has 0 aliphatic rings. The molecule has 0 unspecified atom stereocenters. The lowest BCUT2D eigenvalue weighted by molar-refractivity contribution is 0.293. The molecule has 0 aliphatic carbocycles. The van der Waals surface area contributed by atoms with E-state index in [1.807, 2.05) is 31.3 Å². The van der Waals surface area contributed by atoms with Gasteiger partial charge in [0.05, 0.1) is 0 Å². The van der Waals surface area contributed by atoms with Crippen LogP contribution in [0.4, 0.5) is 5.69 Å². The first-order chi connectivity index (χ1) is 9.24. The number of anilines is 1. The molecular weight excluding hydrogens is 236 g/mol. The maximum absolute atomic E-state index is 5.81. The summed E-state index contributed by atoms with van der Waals surface area (Å²) in [7, 11) is 1.92. The Bertz CT molecular complexity index is 552. The summed E-state index contributed by atoms with van der Waals surface area (Å²) >= 11 is 0. The van der Waals surface area contributed by atoms with Crippen molar-refractivity contribution >= 4 is 5.69 Å². The van der Waals surface area contributed by atoms with Gasteiger partial charge in [-0.1, -0.05) is 25.1 Å². The molecule has 1 N–H and O–H groups in total. The predicted molar refractivity (Wildman–Crippen MR) is 78.7 cm³/mol. The third-order valence-corrected chi connectivity index (χ3v) is 3.19. The fourth-order valence-electron chi connectivity index (χ4n) is 2.01. The summed E-state index contributed by atoms with van der Waals surface area (Å²) in [6.07, 6.45) is 0.920. The molecule has 100 valence electrons. The van der Waals surface area contributed by atoms with Gasteiger partial charge >= 0.3 is 0 Å². The Morgan fingerprint density at radius 1 is 1.16 bits per heavy atom. The minimum absolute atomic E-state index is 0.531. The summed E-state index contributed by atoms with van der Waals surface area (Å²) in [5.41, 5.74) is 4.55. The van der Waals surface area contributed by atoms with E-state index in [4.69, 9.17) is 4.74 Å². The van der Waals surface area contributed by atoms with E-state index in [0.717, 1.165) is 17.8 Å². The molecule has 0 amide bonds. The van der Waals surface area contributed by atoms with Crippen molar-refractivity contribution in [2.45, 2.75) is 26.9 Å². The lowest BCUT2D eigenvalue weighted by Crippen LogP contribution is -2.04. The van der Waals surface area contributed by atoms with Gasteiger partial charge in [0.2, 0.25) is 5.88 Å². The summed E-state index contributed by atoms with van der Waals surface area (Å²) in [5, 5.41) is 3.19. The van der Waals surface area contributed by atoms with Crippen LogP contribution in [0.15, 0.2) is 36.4 Å². The first-order valence-electron chi connectivity index (χ1n) is 6.59. The molecule has 2 rings (SSSR count). The van der Waals surface area contributed by atoms with Crippen LogP contribution in [0.5, 0.6) is 5.88 Å². The monoisotopic (exact) mass is 256 g/mol. The minimum atomic E-state index is 0.531. The Morgan fingerprint density at radius 2 is 1.95 bits per heavy atom. The van der Waals surface area contributed by atoms with E-state index in [1.165, 1.54) is 11.1 Å². The van der Waals surface area contributed by atoms with Gasteiger partial charge in [0, 0.05) is 30.1 Å². The van der Waals surface area contributed by atoms with Gasteiger partial charge in [0.1, 0.15) is 6.61 Å². The normalized spacial score (nSPS) is 10.3. The molecule has 0 bridgehead atoms. The van der Waals surface area contributed by atoms with Crippen molar-refractivity contribution in [3.05, 3.63) is 53.2 Å². The van der Waals surface area contributed by atoms with Crippen LogP contribution >= 0.6 is 0 Å². The number of benzene rings is 1. The highest BCUT2D eigenvalue weighted by Crippen LogP contribution is 2.21. The SMILES string of the molecule is CCc1cccc(OCc2c(C)cccc2NC)n1. The second kappa shape index (κ2) is 6.23. The van der Waals surface area contributed by atoms with Crippen LogP contribution in [-0.4, -0.2) is 12.0 Å². The molecule has 1 heterocycles. The molecule has 0 radical (unpaired) electrons. The van der Waals surface area contributed by atoms with Crippen LogP contribution in [0.1, 0.15) is 23.7 Å². The standard InChI is InChI=1S/C16H20N2O/c1-4-13-8-6-10-16(18-13)19-11-14-12(2)7-5-9-15(14)17-3/h5-10,17H,4,11H2,1-3H3. The highest BCUT2D eigenvalue weighted by molar-refractivity contribution is 5.53. The maximum atomic E-state index is 5.81. The molecule has 2 aromatic rings. The molecule has 0 spiro atoms. The van der Waals surface area contributed by atoms with Gasteiger partial charge in [-0.25, -0.2) is 4.98 Å². The van der Waals surface area contributed by atoms with Gasteiger partial charge in [-0.05, 0) is 31.0 Å². The molecule has 0 aliphatic heterocycles. The Labute approximate surface area is 114 Å². The van der Waals surface area contributed by atoms with Crippen LogP contribution < -0.4 is 10.1 Å². The summed E-state index contributed by atoms with van der Waals surface area (Å²) in [4.78, 5) is 4.45. The first kappa shape index (κ1) is 13.4. The third-order valence-electron chi connectivity index (χ3n) is 3.19. The zero-order chi connectivity index (χ0) is 13.7. The number of ether oxygens (including phenoxy) is 1. The Morgan fingerprint density at radius 3 is 2.68 bits per heavy atom. The first-order valence-corrected chi connectivity index (χ1v) is 6.59. The quantitative estimate of drug-likeness (QED) is 0.888. The van der Waals surface area contributed by atoms with Crippen LogP contribution in [-0.2, 0) is 13.0 Å². The smallest absolute Gasteiger partial charge is 0.213 e. The highest BCUT2D eigenvalue weighted by atomic mass is 16.5. The Balaban J connectivity index is 2.14. The Kier molecular flexibility index (Phi) is 4.39. The molecular formula is C16H20N2O. The Hall–Kier alpha value is -2.03. The van der Waals surface area contributed by atoms with Gasteiger partial charge in [-0.2, -0.15) is 0 Å². The van der Waals surface area contributed by atoms with Gasteiger partial charge in [0.15, 0.2) is 0 Å². The fourth-order valence-corrected chi connectivity index (χ4v) is 2.01. The van der Waals surface area contributed by atoms with Gasteiger partial charge in [-0.3, -0.25) is 0 Å². The molecule has 1 aromatic heterocycles. The molecule has 19 heavy (non-hydrogen) atoms. The van der Waals surface area contributed by atoms with Crippen LogP contribution in [0, 0.1) is 6.92 Å². The van der Waals surface area contributed by atoms with Crippen molar-refractivity contribution in [1.29, 1.82) is 0 Å². The van der Waals surface area contributed by atoms with Gasteiger partial charge < -0.3 is 10.1 Å². The van der Waals surface area contributed by atoms with Crippen molar-refractivity contribution in [1.82, 2.24) is 4.98 Å². The molecule has 3 heteroatoms. The number of aryl methyl sites for hydroxylation is 2. The third kappa shape index (κ3) is 3.25. The zero-order valence-electron chi connectivity index (χ0n) is 11.7. The van der Waals surface area contributed by atoms with Gasteiger partial charge in [-0.15, -0.1) is 0 Å². The molecule has 3 nitrogen and oxygen atoms in total. The maximum Gasteiger partial charge on any atom is 0.213 e. The van der Waals surface area contributed by atoms with E-state index in [9.17, 15) is 0 Å². The molecule has 0 saturated heterocycles. The van der Waals surface area contributed by atoms with E-state index in [1.54, 1.807) is 0 Å². The minimum Gasteiger partial charge on any atom is -0.473 e. The number of hydrogen-bond donors (Lipinski definition) is 1. The lowest BCUT2D eigenvalue weighted by Gasteiger charge is -2.13. The number of pyridine rings is 1. The average molecular weight is 256 g/mol. The number of aromatic nitrogens is 1. The van der Waals surface area contributed by atoms with Crippen LogP contribution in [0.25, 0.3) is 0 Å². The molecule has 0 atom stereocenters. The molecule has 1 aromatic carbocycles. The van der Waals surface area contributed by atoms with Gasteiger partial charge in [0.25, 0.3) is 0 Å².